The first-order chi connectivity index (χ1) is 11.5. The highest BCUT2D eigenvalue weighted by Gasteiger charge is 2.55. The molecule has 2 aliphatic carbocycles. The summed E-state index contributed by atoms with van der Waals surface area (Å²) in [4.78, 5) is 25.2. The van der Waals surface area contributed by atoms with E-state index in [-0.39, 0.29) is 41.7 Å². The third-order valence-electron chi connectivity index (χ3n) is 5.57. The number of hydrogen-bond acceptors (Lipinski definition) is 4. The van der Waals surface area contributed by atoms with Crippen molar-refractivity contribution in [3.8, 4) is 0 Å². The fourth-order valence-electron chi connectivity index (χ4n) is 4.29. The molecule has 0 N–H and O–H groups in total. The minimum Gasteiger partial charge on any atom is -0.466 e. The standard InChI is InChI=1S/C20H32O4/c1-5-8-9-10-15(6-2)24-20(22)17-14-11-13(4)16(12-14)18(17)19(21)23-7-3/h11,14-18H,5-10,12H2,1-4H3. The Bertz CT molecular complexity index is 482. The summed E-state index contributed by atoms with van der Waals surface area (Å²) >= 11 is 0. The molecule has 24 heavy (non-hydrogen) atoms. The van der Waals surface area contributed by atoms with Crippen LogP contribution in [0.5, 0.6) is 0 Å². The lowest BCUT2D eigenvalue weighted by Crippen LogP contribution is -2.37. The summed E-state index contributed by atoms with van der Waals surface area (Å²) < 4.78 is 11.0. The Balaban J connectivity index is 2.04. The first-order valence-electron chi connectivity index (χ1n) is 9.58. The second-order valence-electron chi connectivity index (χ2n) is 7.18. The fraction of sp³-hybridized carbons (Fsp3) is 0.800. The first-order valence-corrected chi connectivity index (χ1v) is 9.58. The maximum atomic E-state index is 12.8. The summed E-state index contributed by atoms with van der Waals surface area (Å²) in [5, 5.41) is 0. The first kappa shape index (κ1) is 19.0. The molecular weight excluding hydrogens is 304 g/mol. The van der Waals surface area contributed by atoms with Gasteiger partial charge in [-0.2, -0.15) is 0 Å². The quantitative estimate of drug-likeness (QED) is 0.358. The van der Waals surface area contributed by atoms with Crippen LogP contribution < -0.4 is 0 Å². The smallest absolute Gasteiger partial charge is 0.310 e. The maximum absolute atomic E-state index is 12.8. The highest BCUT2D eigenvalue weighted by Crippen LogP contribution is 2.52. The van der Waals surface area contributed by atoms with E-state index in [4.69, 9.17) is 9.47 Å². The Morgan fingerprint density at radius 1 is 1.17 bits per heavy atom. The molecule has 2 aliphatic rings. The molecule has 0 heterocycles. The summed E-state index contributed by atoms with van der Waals surface area (Å²) in [6, 6.07) is 0. The Morgan fingerprint density at radius 2 is 1.92 bits per heavy atom. The molecule has 4 nitrogen and oxygen atoms in total. The van der Waals surface area contributed by atoms with E-state index in [2.05, 4.69) is 26.8 Å². The van der Waals surface area contributed by atoms with Crippen molar-refractivity contribution < 1.29 is 19.1 Å². The topological polar surface area (TPSA) is 52.6 Å². The molecule has 0 aliphatic heterocycles. The average molecular weight is 336 g/mol. The van der Waals surface area contributed by atoms with Crippen LogP contribution in [0.3, 0.4) is 0 Å². The monoisotopic (exact) mass is 336 g/mol. The molecule has 0 radical (unpaired) electrons. The molecule has 0 saturated heterocycles. The molecule has 1 fully saturated rings. The Hall–Kier alpha value is -1.32. The summed E-state index contributed by atoms with van der Waals surface area (Å²) in [5.74, 6) is -0.888. The lowest BCUT2D eigenvalue weighted by molar-refractivity contribution is -0.165. The SMILES string of the molecule is CCCCCC(CC)OC(=O)C1C2C=C(C)C(C2)C1C(=O)OCC. The van der Waals surface area contributed by atoms with Crippen LogP contribution in [0.4, 0.5) is 0 Å². The fourth-order valence-corrected chi connectivity index (χ4v) is 4.29. The largest absolute Gasteiger partial charge is 0.466 e. The van der Waals surface area contributed by atoms with Crippen LogP contribution in [-0.2, 0) is 19.1 Å². The van der Waals surface area contributed by atoms with Gasteiger partial charge in [-0.05, 0) is 51.4 Å². The van der Waals surface area contributed by atoms with Crippen molar-refractivity contribution in [1.29, 1.82) is 0 Å². The third kappa shape index (κ3) is 4.01. The zero-order chi connectivity index (χ0) is 17.7. The van der Waals surface area contributed by atoms with Gasteiger partial charge in [0.05, 0.1) is 18.4 Å². The molecule has 0 amide bonds. The number of carbonyl (C=O) groups excluding carboxylic acids is 2. The van der Waals surface area contributed by atoms with Crippen molar-refractivity contribution in [1.82, 2.24) is 0 Å². The molecule has 5 atom stereocenters. The van der Waals surface area contributed by atoms with E-state index in [1.165, 1.54) is 5.57 Å². The van der Waals surface area contributed by atoms with Gasteiger partial charge in [-0.1, -0.05) is 38.3 Å². The molecule has 2 bridgehead atoms. The van der Waals surface area contributed by atoms with E-state index in [0.29, 0.717) is 6.61 Å². The predicted octanol–water partition coefficient (Wildman–Crippen LogP) is 4.28. The number of allylic oxidation sites excluding steroid dienone is 2. The van der Waals surface area contributed by atoms with Gasteiger partial charge in [0.15, 0.2) is 0 Å². The molecule has 0 aromatic carbocycles. The number of esters is 2. The van der Waals surface area contributed by atoms with E-state index in [1.54, 1.807) is 0 Å². The molecule has 0 spiro atoms. The van der Waals surface area contributed by atoms with Crippen molar-refractivity contribution in [3.05, 3.63) is 11.6 Å². The molecule has 1 saturated carbocycles. The molecule has 2 rings (SSSR count). The minimum atomic E-state index is -0.363. The van der Waals surface area contributed by atoms with Gasteiger partial charge in [-0.25, -0.2) is 0 Å². The van der Waals surface area contributed by atoms with Crippen molar-refractivity contribution in [3.63, 3.8) is 0 Å². The van der Waals surface area contributed by atoms with Crippen LogP contribution in [-0.4, -0.2) is 24.6 Å². The van der Waals surface area contributed by atoms with Crippen LogP contribution in [0.1, 0.15) is 66.2 Å². The molecule has 136 valence electrons. The van der Waals surface area contributed by atoms with Crippen molar-refractivity contribution in [2.45, 2.75) is 72.3 Å². The van der Waals surface area contributed by atoms with Crippen molar-refractivity contribution in [2.24, 2.45) is 23.7 Å². The summed E-state index contributed by atoms with van der Waals surface area (Å²) in [5.41, 5.74) is 1.22. The zero-order valence-corrected chi connectivity index (χ0v) is 15.5. The molecule has 5 unspecified atom stereocenters. The number of carbonyl (C=O) groups is 2. The molecule has 4 heteroatoms. The van der Waals surface area contributed by atoms with Gasteiger partial charge in [0.25, 0.3) is 0 Å². The van der Waals surface area contributed by atoms with E-state index < -0.39 is 0 Å². The van der Waals surface area contributed by atoms with Gasteiger partial charge >= 0.3 is 11.9 Å². The van der Waals surface area contributed by atoms with Crippen molar-refractivity contribution in [2.75, 3.05) is 6.61 Å². The zero-order valence-electron chi connectivity index (χ0n) is 15.5. The highest BCUT2D eigenvalue weighted by atomic mass is 16.5. The van der Waals surface area contributed by atoms with Gasteiger partial charge in [0, 0.05) is 0 Å². The summed E-state index contributed by atoms with van der Waals surface area (Å²) in [6.45, 7) is 8.43. The lowest BCUT2D eigenvalue weighted by atomic mass is 9.80. The average Bonchev–Trinajstić information content (AvgIpc) is 3.10. The third-order valence-corrected chi connectivity index (χ3v) is 5.57. The highest BCUT2D eigenvalue weighted by molar-refractivity contribution is 5.84. The van der Waals surface area contributed by atoms with Crippen LogP contribution in [0.25, 0.3) is 0 Å². The Morgan fingerprint density at radius 3 is 2.54 bits per heavy atom. The number of fused-ring (bicyclic) bond motifs is 2. The lowest BCUT2D eigenvalue weighted by Gasteiger charge is -2.28. The van der Waals surface area contributed by atoms with E-state index in [9.17, 15) is 9.59 Å². The van der Waals surface area contributed by atoms with E-state index in [1.807, 2.05) is 6.92 Å². The number of ether oxygens (including phenoxy) is 2. The van der Waals surface area contributed by atoms with Gasteiger partial charge in [-0.15, -0.1) is 0 Å². The Kier molecular flexibility index (Phi) is 6.88. The summed E-state index contributed by atoms with van der Waals surface area (Å²) in [7, 11) is 0. The number of hydrogen-bond donors (Lipinski definition) is 0. The number of rotatable bonds is 9. The minimum absolute atomic E-state index is 0.0314. The molecular formula is C20H32O4. The normalized spacial score (nSPS) is 29.2. The van der Waals surface area contributed by atoms with Crippen molar-refractivity contribution >= 4 is 11.9 Å². The maximum Gasteiger partial charge on any atom is 0.310 e. The van der Waals surface area contributed by atoms with Crippen LogP contribution in [0.15, 0.2) is 11.6 Å². The second kappa shape index (κ2) is 8.68. The van der Waals surface area contributed by atoms with Crippen LogP contribution >= 0.6 is 0 Å². The van der Waals surface area contributed by atoms with Crippen LogP contribution in [0, 0.1) is 23.7 Å². The van der Waals surface area contributed by atoms with Gasteiger partial charge in [-0.3, -0.25) is 9.59 Å². The Labute approximate surface area is 146 Å². The van der Waals surface area contributed by atoms with E-state index >= 15 is 0 Å². The van der Waals surface area contributed by atoms with Gasteiger partial charge < -0.3 is 9.47 Å². The summed E-state index contributed by atoms with van der Waals surface area (Å²) in [6.07, 6.45) is 8.15. The molecule has 0 aromatic rings. The molecule has 0 aromatic heterocycles. The van der Waals surface area contributed by atoms with Gasteiger partial charge in [0.1, 0.15) is 6.10 Å². The van der Waals surface area contributed by atoms with E-state index in [0.717, 1.165) is 38.5 Å². The number of unbranched alkanes of at least 4 members (excludes halogenated alkanes) is 2. The van der Waals surface area contributed by atoms with Gasteiger partial charge in [0.2, 0.25) is 0 Å². The second-order valence-corrected chi connectivity index (χ2v) is 7.18. The van der Waals surface area contributed by atoms with Crippen LogP contribution in [0.2, 0.25) is 0 Å². The predicted molar refractivity (Wildman–Crippen MR) is 93.3 cm³/mol.